The third kappa shape index (κ3) is 2.81. The van der Waals surface area contributed by atoms with E-state index in [0.29, 0.717) is 23.8 Å². The number of likely N-dealkylation sites (tertiary alicyclic amines) is 1. The van der Waals surface area contributed by atoms with Gasteiger partial charge in [0.05, 0.1) is 12.2 Å². The van der Waals surface area contributed by atoms with Gasteiger partial charge >= 0.3 is 0 Å². The number of hydrogen-bond donors (Lipinski definition) is 0. The Morgan fingerprint density at radius 3 is 2.75 bits per heavy atom. The fourth-order valence-electron chi connectivity index (χ4n) is 3.02. The van der Waals surface area contributed by atoms with Crippen molar-refractivity contribution in [2.75, 3.05) is 13.1 Å². The minimum absolute atomic E-state index is 0.0480. The SMILES string of the molecule is CCCc1cc(C(=O)N2CC3CCC(C2)O3)cc(Cl)n1. The topological polar surface area (TPSA) is 42.4 Å². The van der Waals surface area contributed by atoms with E-state index in [-0.39, 0.29) is 18.1 Å². The van der Waals surface area contributed by atoms with E-state index in [9.17, 15) is 4.79 Å². The molecule has 1 aromatic heterocycles. The summed E-state index contributed by atoms with van der Waals surface area (Å²) in [6.45, 7) is 3.47. The molecule has 5 heteroatoms. The Labute approximate surface area is 124 Å². The standard InChI is InChI=1S/C15H19ClN2O2/c1-2-3-11-6-10(7-14(16)17-11)15(19)18-8-12-4-5-13(9-18)20-12/h6-7,12-13H,2-5,8-9H2,1H3. The average molecular weight is 295 g/mol. The van der Waals surface area contributed by atoms with Crippen molar-refractivity contribution in [2.24, 2.45) is 0 Å². The molecule has 3 rings (SSSR count). The van der Waals surface area contributed by atoms with Crippen LogP contribution in [0.2, 0.25) is 5.15 Å². The van der Waals surface area contributed by atoms with Gasteiger partial charge in [-0.2, -0.15) is 0 Å². The van der Waals surface area contributed by atoms with Crippen LogP contribution in [-0.4, -0.2) is 41.1 Å². The number of carbonyl (C=O) groups excluding carboxylic acids is 1. The summed E-state index contributed by atoms with van der Waals surface area (Å²) in [5.74, 6) is 0.0480. The summed E-state index contributed by atoms with van der Waals surface area (Å²) in [6, 6.07) is 3.54. The Balaban J connectivity index is 1.79. The number of ether oxygens (including phenoxy) is 1. The minimum atomic E-state index is 0.0480. The third-order valence-electron chi connectivity index (χ3n) is 3.93. The van der Waals surface area contributed by atoms with Crippen LogP contribution in [0.3, 0.4) is 0 Å². The maximum absolute atomic E-state index is 12.6. The highest BCUT2D eigenvalue weighted by molar-refractivity contribution is 6.29. The Morgan fingerprint density at radius 2 is 2.10 bits per heavy atom. The first-order valence-corrected chi connectivity index (χ1v) is 7.64. The fourth-order valence-corrected chi connectivity index (χ4v) is 3.25. The van der Waals surface area contributed by atoms with Crippen LogP contribution in [0.15, 0.2) is 12.1 Å². The van der Waals surface area contributed by atoms with Crippen molar-refractivity contribution in [1.29, 1.82) is 0 Å². The Morgan fingerprint density at radius 1 is 1.40 bits per heavy atom. The van der Waals surface area contributed by atoms with E-state index in [0.717, 1.165) is 31.4 Å². The predicted octanol–water partition coefficient (Wildman–Crippen LogP) is 2.69. The summed E-state index contributed by atoms with van der Waals surface area (Å²) in [6.07, 6.45) is 4.38. The highest BCUT2D eigenvalue weighted by Gasteiger charge is 2.36. The first kappa shape index (κ1) is 13.8. The summed E-state index contributed by atoms with van der Waals surface area (Å²) in [5, 5.41) is 0.399. The zero-order valence-electron chi connectivity index (χ0n) is 11.6. The number of nitrogens with zero attached hydrogens (tertiary/aromatic N) is 2. The molecule has 0 spiro atoms. The van der Waals surface area contributed by atoms with Crippen molar-refractivity contribution in [1.82, 2.24) is 9.88 Å². The monoisotopic (exact) mass is 294 g/mol. The Kier molecular flexibility index (Phi) is 3.94. The molecule has 1 aromatic rings. The van der Waals surface area contributed by atoms with Crippen LogP contribution >= 0.6 is 11.6 Å². The molecule has 2 unspecified atom stereocenters. The molecule has 3 heterocycles. The molecule has 0 saturated carbocycles. The lowest BCUT2D eigenvalue weighted by atomic mass is 10.1. The summed E-state index contributed by atoms with van der Waals surface area (Å²) in [4.78, 5) is 18.8. The first-order chi connectivity index (χ1) is 9.65. The molecule has 2 aliphatic heterocycles. The van der Waals surface area contributed by atoms with E-state index in [1.54, 1.807) is 6.07 Å². The van der Waals surface area contributed by atoms with E-state index in [4.69, 9.17) is 16.3 Å². The maximum atomic E-state index is 12.6. The van der Waals surface area contributed by atoms with Crippen molar-refractivity contribution in [3.8, 4) is 0 Å². The molecule has 0 aromatic carbocycles. The lowest BCUT2D eigenvalue weighted by Crippen LogP contribution is -2.45. The van der Waals surface area contributed by atoms with Gasteiger partial charge in [-0.3, -0.25) is 4.79 Å². The number of pyridine rings is 1. The van der Waals surface area contributed by atoms with Gasteiger partial charge in [0.1, 0.15) is 5.15 Å². The average Bonchev–Trinajstić information content (AvgIpc) is 2.76. The molecule has 2 saturated heterocycles. The molecular formula is C15H19ClN2O2. The van der Waals surface area contributed by atoms with E-state index in [1.807, 2.05) is 11.0 Å². The summed E-state index contributed by atoms with van der Waals surface area (Å²) in [7, 11) is 0. The fraction of sp³-hybridized carbons (Fsp3) is 0.600. The number of carbonyl (C=O) groups is 1. The third-order valence-corrected chi connectivity index (χ3v) is 4.12. The predicted molar refractivity (Wildman–Crippen MR) is 77.0 cm³/mol. The Bertz CT molecular complexity index is 509. The van der Waals surface area contributed by atoms with Crippen molar-refractivity contribution < 1.29 is 9.53 Å². The normalized spacial score (nSPS) is 25.0. The number of fused-ring (bicyclic) bond motifs is 2. The molecule has 2 atom stereocenters. The summed E-state index contributed by atoms with van der Waals surface area (Å²) < 4.78 is 5.77. The molecule has 0 aliphatic carbocycles. The van der Waals surface area contributed by atoms with Crippen LogP contribution in [0, 0.1) is 0 Å². The number of morpholine rings is 1. The number of amides is 1. The Hall–Kier alpha value is -1.13. The molecule has 2 bridgehead atoms. The second kappa shape index (κ2) is 5.70. The second-order valence-corrected chi connectivity index (χ2v) is 5.97. The zero-order valence-corrected chi connectivity index (χ0v) is 12.4. The summed E-state index contributed by atoms with van der Waals surface area (Å²) >= 11 is 6.03. The van der Waals surface area contributed by atoms with Crippen LogP contribution in [0.1, 0.15) is 42.2 Å². The molecule has 108 valence electrons. The van der Waals surface area contributed by atoms with Crippen LogP contribution in [0.5, 0.6) is 0 Å². The van der Waals surface area contributed by atoms with Crippen LogP contribution in [0.4, 0.5) is 0 Å². The molecule has 20 heavy (non-hydrogen) atoms. The van der Waals surface area contributed by atoms with Crippen molar-refractivity contribution in [2.45, 2.75) is 44.8 Å². The van der Waals surface area contributed by atoms with Crippen LogP contribution < -0.4 is 0 Å². The van der Waals surface area contributed by atoms with E-state index < -0.39 is 0 Å². The molecule has 4 nitrogen and oxygen atoms in total. The van der Waals surface area contributed by atoms with Gasteiger partial charge in [-0.25, -0.2) is 4.98 Å². The van der Waals surface area contributed by atoms with Crippen LogP contribution in [0.25, 0.3) is 0 Å². The van der Waals surface area contributed by atoms with Gasteiger partial charge in [0, 0.05) is 24.3 Å². The van der Waals surface area contributed by atoms with E-state index in [2.05, 4.69) is 11.9 Å². The molecule has 0 radical (unpaired) electrons. The molecule has 0 N–H and O–H groups in total. The van der Waals surface area contributed by atoms with Gasteiger partial charge in [-0.05, 0) is 31.4 Å². The number of aromatic nitrogens is 1. The highest BCUT2D eigenvalue weighted by Crippen LogP contribution is 2.27. The van der Waals surface area contributed by atoms with Gasteiger partial charge in [-0.15, -0.1) is 0 Å². The number of hydrogen-bond acceptors (Lipinski definition) is 3. The smallest absolute Gasteiger partial charge is 0.254 e. The van der Waals surface area contributed by atoms with E-state index >= 15 is 0 Å². The van der Waals surface area contributed by atoms with Gasteiger partial charge in [0.2, 0.25) is 0 Å². The van der Waals surface area contributed by atoms with Crippen LogP contribution in [-0.2, 0) is 11.2 Å². The lowest BCUT2D eigenvalue weighted by Gasteiger charge is -2.32. The molecule has 2 aliphatic rings. The first-order valence-electron chi connectivity index (χ1n) is 7.27. The number of halogens is 1. The highest BCUT2D eigenvalue weighted by atomic mass is 35.5. The van der Waals surface area contributed by atoms with Gasteiger partial charge in [0.15, 0.2) is 0 Å². The summed E-state index contributed by atoms with van der Waals surface area (Å²) in [5.41, 5.74) is 1.54. The van der Waals surface area contributed by atoms with E-state index in [1.165, 1.54) is 0 Å². The number of aryl methyl sites for hydroxylation is 1. The largest absolute Gasteiger partial charge is 0.371 e. The second-order valence-electron chi connectivity index (χ2n) is 5.59. The van der Waals surface area contributed by atoms with Gasteiger partial charge in [0.25, 0.3) is 5.91 Å². The molecule has 1 amide bonds. The quantitative estimate of drug-likeness (QED) is 0.805. The molecular weight excluding hydrogens is 276 g/mol. The minimum Gasteiger partial charge on any atom is -0.371 e. The zero-order chi connectivity index (χ0) is 14.1. The van der Waals surface area contributed by atoms with Crippen molar-refractivity contribution >= 4 is 17.5 Å². The maximum Gasteiger partial charge on any atom is 0.254 e. The van der Waals surface area contributed by atoms with Crippen molar-refractivity contribution in [3.05, 3.63) is 28.5 Å². The van der Waals surface area contributed by atoms with Gasteiger partial charge < -0.3 is 9.64 Å². The lowest BCUT2D eigenvalue weighted by molar-refractivity contribution is -0.0303. The molecule has 2 fully saturated rings. The van der Waals surface area contributed by atoms with Crippen molar-refractivity contribution in [3.63, 3.8) is 0 Å². The van der Waals surface area contributed by atoms with Gasteiger partial charge in [-0.1, -0.05) is 24.9 Å². The number of rotatable bonds is 3.